The van der Waals surface area contributed by atoms with Crippen molar-refractivity contribution < 1.29 is 0 Å². The van der Waals surface area contributed by atoms with Crippen LogP contribution < -0.4 is 9.70 Å². The second kappa shape index (κ2) is 12.4. The Balaban J connectivity index is 2.23. The molecule has 2 aliphatic heterocycles. The number of benzene rings is 2. The number of hydrogen-bond donors (Lipinski definition) is 0. The zero-order valence-corrected chi connectivity index (χ0v) is 36.1. The van der Waals surface area contributed by atoms with E-state index in [2.05, 4.69) is 159 Å². The van der Waals surface area contributed by atoms with Gasteiger partial charge in [0.15, 0.2) is 0 Å². The van der Waals surface area contributed by atoms with Gasteiger partial charge in [-0.05, 0) is 0 Å². The average molecular weight is 709 g/mol. The number of fused-ring (bicyclic) bond motifs is 3. The Morgan fingerprint density at radius 1 is 0.822 bits per heavy atom. The van der Waals surface area contributed by atoms with Crippen molar-refractivity contribution in [2.45, 2.75) is 174 Å². The fourth-order valence-corrected chi connectivity index (χ4v) is 43.7. The van der Waals surface area contributed by atoms with Gasteiger partial charge in [0.25, 0.3) is 0 Å². The molecule has 0 aliphatic carbocycles. The first-order valence-electron chi connectivity index (χ1n) is 17.8. The molecule has 0 N–H and O–H groups in total. The molecule has 1 saturated heterocycles. The zero-order chi connectivity index (χ0) is 34.2. The van der Waals surface area contributed by atoms with Gasteiger partial charge < -0.3 is 0 Å². The van der Waals surface area contributed by atoms with Gasteiger partial charge >= 0.3 is 288 Å². The van der Waals surface area contributed by atoms with E-state index in [-0.39, 0.29) is 20.5 Å². The zero-order valence-electron chi connectivity index (χ0n) is 32.3. The molecular weight excluding hydrogens is 642 g/mol. The summed E-state index contributed by atoms with van der Waals surface area (Å²) >= 11 is -3.11. The van der Waals surface area contributed by atoms with E-state index in [1.54, 1.807) is 27.6 Å². The normalized spacial score (nSPS) is 24.6. The third-order valence-corrected chi connectivity index (χ3v) is 38.9. The van der Waals surface area contributed by atoms with Crippen molar-refractivity contribution in [2.75, 3.05) is 6.54 Å². The van der Waals surface area contributed by atoms with Crippen LogP contribution in [0.25, 0.3) is 0 Å². The quantitative estimate of drug-likeness (QED) is 0.223. The van der Waals surface area contributed by atoms with Crippen LogP contribution in [0.3, 0.4) is 0 Å². The minimum absolute atomic E-state index is 0.0682. The summed E-state index contributed by atoms with van der Waals surface area (Å²) in [5, 5.41) is 1.71. The molecule has 45 heavy (non-hydrogen) atoms. The van der Waals surface area contributed by atoms with E-state index in [0.717, 1.165) is 6.54 Å². The van der Waals surface area contributed by atoms with Gasteiger partial charge in [-0.2, -0.15) is 0 Å². The molecule has 0 radical (unpaired) electrons. The average Bonchev–Trinajstić information content (AvgIpc) is 3.20. The molecule has 4 heteroatoms. The van der Waals surface area contributed by atoms with Crippen molar-refractivity contribution in [1.29, 1.82) is 0 Å². The first-order valence-corrected chi connectivity index (χ1v) is 25.9. The fourth-order valence-electron chi connectivity index (χ4n) is 7.94. The molecule has 2 heterocycles. The van der Waals surface area contributed by atoms with Gasteiger partial charge in [-0.1, -0.05) is 0 Å². The first kappa shape index (κ1) is 37.3. The molecule has 2 aromatic rings. The molecule has 0 bridgehead atoms. The maximum atomic E-state index is 5.53. The van der Waals surface area contributed by atoms with E-state index in [0.29, 0.717) is 22.2 Å². The van der Waals surface area contributed by atoms with Crippen LogP contribution in [0.5, 0.6) is 0 Å². The van der Waals surface area contributed by atoms with E-state index >= 15 is 0 Å². The van der Waals surface area contributed by atoms with Crippen LogP contribution in [0.4, 0.5) is 0 Å². The predicted octanol–water partition coefficient (Wildman–Crippen LogP) is 12.1. The fraction of sp³-hybridized carbons (Fsp3) is 0.683. The molecule has 0 amide bonds. The van der Waals surface area contributed by atoms with Crippen LogP contribution in [-0.2, 0) is 16.2 Å². The molecule has 0 saturated carbocycles. The third kappa shape index (κ3) is 6.46. The van der Waals surface area contributed by atoms with Crippen LogP contribution in [0.15, 0.2) is 29.3 Å². The summed E-state index contributed by atoms with van der Waals surface area (Å²) in [4.78, 5) is 7.06. The summed E-state index contributed by atoms with van der Waals surface area (Å²) in [6.07, 6.45) is 1.27. The molecule has 3 atom stereocenters. The summed E-state index contributed by atoms with van der Waals surface area (Å²) in [5.41, 5.74) is 9.83. The summed E-state index contributed by atoms with van der Waals surface area (Å²) in [5.74, 6) is 1.54. The van der Waals surface area contributed by atoms with Crippen LogP contribution in [-0.4, -0.2) is 27.9 Å². The van der Waals surface area contributed by atoms with Gasteiger partial charge in [0.2, 0.25) is 0 Å². The summed E-state index contributed by atoms with van der Waals surface area (Å²) < 4.78 is 2.75. The van der Waals surface area contributed by atoms with Gasteiger partial charge in [0, 0.05) is 0 Å². The summed E-state index contributed by atoms with van der Waals surface area (Å²) in [6, 6.07) is 10.5. The standard InChI is InChI=1S/C41H66GeNPS/c1-19-43-37-44-34(24-41(17,18)33-23-29(38(8,9)10)22-32(36(33)44)39(11,12)13)42(45-37,40(14,15)16)35-30(26(4)5)20-28(25(2)3)21-31(35)27(6)7/h20-23,25-27,34H,19,24H2,1-18H3. The van der Waals surface area contributed by atoms with Gasteiger partial charge in [-0.15, -0.1) is 0 Å². The molecule has 4 rings (SSSR count). The van der Waals surface area contributed by atoms with Crippen LogP contribution in [0.1, 0.15) is 182 Å². The van der Waals surface area contributed by atoms with E-state index in [9.17, 15) is 0 Å². The Bertz CT molecular complexity index is 1410. The second-order valence-corrected chi connectivity index (χ2v) is 36.3. The number of nitrogens with zero attached hydrogens (tertiary/aromatic N) is 1. The van der Waals surface area contributed by atoms with E-state index in [4.69, 9.17) is 4.99 Å². The van der Waals surface area contributed by atoms with Crippen LogP contribution >= 0.6 is 18.0 Å². The number of aliphatic imine (C=N–C) groups is 1. The Kier molecular flexibility index (Phi) is 10.3. The van der Waals surface area contributed by atoms with Gasteiger partial charge in [-0.25, -0.2) is 0 Å². The Labute approximate surface area is 286 Å². The Hall–Kier alpha value is -0.567. The molecule has 2 aliphatic rings. The Morgan fingerprint density at radius 2 is 1.36 bits per heavy atom. The summed E-state index contributed by atoms with van der Waals surface area (Å²) in [6.45, 7) is 45.3. The van der Waals surface area contributed by atoms with Crippen LogP contribution in [0, 0.1) is 0 Å². The van der Waals surface area contributed by atoms with Crippen molar-refractivity contribution in [3.63, 3.8) is 0 Å². The SMILES string of the molecule is CCN=C1[S][Ge]([c]2c(C(C)C)cc(C(C)C)cc2C(C)C)([C](C)(C)C)[CH]2CC(C)(C)c3cc(C(C)(C)C)cc(C(C)(C)C)c3P12. The molecular formula is C41H66GeNPS. The minimum atomic E-state index is -3.11. The molecule has 1 nitrogen and oxygen atoms in total. The molecule has 0 aromatic heterocycles. The number of hydrogen-bond acceptors (Lipinski definition) is 2. The van der Waals surface area contributed by atoms with Crippen molar-refractivity contribution in [3.8, 4) is 0 Å². The van der Waals surface area contributed by atoms with E-state index < -0.39 is 20.0 Å². The van der Waals surface area contributed by atoms with E-state index in [1.807, 2.05) is 4.40 Å². The second-order valence-electron chi connectivity index (χ2n) is 18.8. The summed E-state index contributed by atoms with van der Waals surface area (Å²) in [7, 11) is 1.83. The van der Waals surface area contributed by atoms with Crippen molar-refractivity contribution in [2.24, 2.45) is 4.99 Å². The van der Waals surface area contributed by atoms with Gasteiger partial charge in [0.1, 0.15) is 0 Å². The Morgan fingerprint density at radius 3 is 1.76 bits per heavy atom. The monoisotopic (exact) mass is 709 g/mol. The molecule has 0 spiro atoms. The third-order valence-electron chi connectivity index (χ3n) is 10.6. The topological polar surface area (TPSA) is 12.4 Å². The molecule has 250 valence electrons. The van der Waals surface area contributed by atoms with Crippen LogP contribution in [0.2, 0.25) is 4.25 Å². The van der Waals surface area contributed by atoms with Crippen molar-refractivity contribution in [3.05, 3.63) is 57.6 Å². The van der Waals surface area contributed by atoms with E-state index in [1.165, 1.54) is 22.3 Å². The van der Waals surface area contributed by atoms with Crippen molar-refractivity contribution >= 4 is 44.6 Å². The first-order chi connectivity index (χ1) is 20.4. The van der Waals surface area contributed by atoms with Gasteiger partial charge in [-0.3, -0.25) is 0 Å². The number of rotatable bonds is 5. The van der Waals surface area contributed by atoms with Gasteiger partial charge in [0.05, 0.1) is 0 Å². The molecule has 1 fully saturated rings. The molecule has 3 unspecified atom stereocenters. The van der Waals surface area contributed by atoms with Crippen molar-refractivity contribution in [1.82, 2.24) is 0 Å². The maximum absolute atomic E-state index is 5.53. The predicted molar refractivity (Wildman–Crippen MR) is 211 cm³/mol. The molecule has 2 aromatic carbocycles.